The SMILES string of the molecule is COc1cc(I)c(C(=O)NC2CCCCC2C(C)(C)C)cc1OC. The van der Waals surface area contributed by atoms with Crippen LogP contribution in [0.1, 0.15) is 56.8 Å². The van der Waals surface area contributed by atoms with E-state index >= 15 is 0 Å². The summed E-state index contributed by atoms with van der Waals surface area (Å²) in [4.78, 5) is 12.9. The van der Waals surface area contributed by atoms with Crippen LogP contribution < -0.4 is 14.8 Å². The fraction of sp³-hybridized carbons (Fsp3) is 0.632. The fourth-order valence-electron chi connectivity index (χ4n) is 3.61. The van der Waals surface area contributed by atoms with Crippen molar-refractivity contribution in [2.75, 3.05) is 14.2 Å². The maximum absolute atomic E-state index is 12.9. The maximum atomic E-state index is 12.9. The predicted molar refractivity (Wildman–Crippen MR) is 105 cm³/mol. The van der Waals surface area contributed by atoms with Crippen LogP contribution in [0.2, 0.25) is 0 Å². The molecule has 0 radical (unpaired) electrons. The summed E-state index contributed by atoms with van der Waals surface area (Å²) in [5, 5.41) is 3.28. The van der Waals surface area contributed by atoms with Gasteiger partial charge in [0.1, 0.15) is 0 Å². The van der Waals surface area contributed by atoms with Crippen LogP contribution >= 0.6 is 22.6 Å². The van der Waals surface area contributed by atoms with E-state index in [1.807, 2.05) is 6.07 Å². The average Bonchev–Trinajstić information content (AvgIpc) is 2.53. The van der Waals surface area contributed by atoms with E-state index in [1.54, 1.807) is 20.3 Å². The van der Waals surface area contributed by atoms with Crippen LogP contribution in [0.25, 0.3) is 0 Å². The van der Waals surface area contributed by atoms with Gasteiger partial charge in [-0.2, -0.15) is 0 Å². The molecule has 1 fully saturated rings. The second-order valence-electron chi connectivity index (χ2n) is 7.52. The molecular formula is C19H28INO3. The number of methoxy groups -OCH3 is 2. The molecule has 1 N–H and O–H groups in total. The summed E-state index contributed by atoms with van der Waals surface area (Å²) in [6, 6.07) is 3.84. The number of halogens is 1. The minimum Gasteiger partial charge on any atom is -0.493 e. The molecule has 24 heavy (non-hydrogen) atoms. The van der Waals surface area contributed by atoms with Crippen molar-refractivity contribution in [3.8, 4) is 11.5 Å². The minimum absolute atomic E-state index is 0.0264. The summed E-state index contributed by atoms with van der Waals surface area (Å²) >= 11 is 2.18. The van der Waals surface area contributed by atoms with Crippen molar-refractivity contribution in [3.63, 3.8) is 0 Å². The van der Waals surface area contributed by atoms with Gasteiger partial charge in [-0.25, -0.2) is 0 Å². The number of rotatable bonds is 4. The first-order valence-electron chi connectivity index (χ1n) is 8.50. The molecule has 0 heterocycles. The molecule has 0 aliphatic heterocycles. The smallest absolute Gasteiger partial charge is 0.252 e. The van der Waals surface area contributed by atoms with Crippen LogP contribution in [0.4, 0.5) is 0 Å². The van der Waals surface area contributed by atoms with Crippen molar-refractivity contribution in [3.05, 3.63) is 21.3 Å². The van der Waals surface area contributed by atoms with Gasteiger partial charge >= 0.3 is 0 Å². The zero-order valence-corrected chi connectivity index (χ0v) is 17.4. The summed E-state index contributed by atoms with van der Waals surface area (Å²) < 4.78 is 11.5. The third-order valence-electron chi connectivity index (χ3n) is 4.91. The quantitative estimate of drug-likeness (QED) is 0.687. The van der Waals surface area contributed by atoms with E-state index in [1.165, 1.54) is 19.3 Å². The molecule has 1 amide bonds. The summed E-state index contributed by atoms with van der Waals surface area (Å²) in [5.41, 5.74) is 0.842. The largest absolute Gasteiger partial charge is 0.493 e. The molecule has 1 saturated carbocycles. The lowest BCUT2D eigenvalue weighted by atomic mass is 9.69. The molecule has 2 unspecified atom stereocenters. The summed E-state index contributed by atoms with van der Waals surface area (Å²) in [5.74, 6) is 1.71. The number of carbonyl (C=O) groups excluding carboxylic acids is 1. The van der Waals surface area contributed by atoms with Crippen LogP contribution in [0.15, 0.2) is 12.1 Å². The van der Waals surface area contributed by atoms with Gasteiger partial charge in [-0.15, -0.1) is 0 Å². The molecular weight excluding hydrogens is 417 g/mol. The normalized spacial score (nSPS) is 21.2. The topological polar surface area (TPSA) is 47.6 Å². The van der Waals surface area contributed by atoms with E-state index in [0.717, 1.165) is 9.99 Å². The maximum Gasteiger partial charge on any atom is 0.252 e. The van der Waals surface area contributed by atoms with Gasteiger partial charge in [0.2, 0.25) is 0 Å². The van der Waals surface area contributed by atoms with Crippen molar-refractivity contribution >= 4 is 28.5 Å². The molecule has 1 aromatic rings. The van der Waals surface area contributed by atoms with E-state index in [0.29, 0.717) is 23.0 Å². The first-order chi connectivity index (χ1) is 11.3. The zero-order valence-electron chi connectivity index (χ0n) is 15.2. The highest BCUT2D eigenvalue weighted by Gasteiger charge is 2.35. The molecule has 4 nitrogen and oxygen atoms in total. The molecule has 0 spiro atoms. The molecule has 0 aromatic heterocycles. The molecule has 2 atom stereocenters. The molecule has 1 aromatic carbocycles. The van der Waals surface area contributed by atoms with Gasteiger partial charge < -0.3 is 14.8 Å². The van der Waals surface area contributed by atoms with Crippen molar-refractivity contribution < 1.29 is 14.3 Å². The first kappa shape index (κ1) is 19.3. The molecule has 0 saturated heterocycles. The lowest BCUT2D eigenvalue weighted by Crippen LogP contribution is -2.46. The van der Waals surface area contributed by atoms with Crippen molar-refractivity contribution in [2.24, 2.45) is 11.3 Å². The third kappa shape index (κ3) is 4.35. The summed E-state index contributed by atoms with van der Waals surface area (Å²) in [7, 11) is 3.19. The Morgan fingerprint density at radius 2 is 1.71 bits per heavy atom. The number of hydrogen-bond acceptors (Lipinski definition) is 3. The summed E-state index contributed by atoms with van der Waals surface area (Å²) in [6.07, 6.45) is 4.66. The lowest BCUT2D eigenvalue weighted by molar-refractivity contribution is 0.0829. The van der Waals surface area contributed by atoms with Crippen molar-refractivity contribution in [1.29, 1.82) is 0 Å². The molecule has 134 valence electrons. The summed E-state index contributed by atoms with van der Waals surface area (Å²) in [6.45, 7) is 6.80. The first-order valence-corrected chi connectivity index (χ1v) is 9.58. The van der Waals surface area contributed by atoms with Gasteiger partial charge in [-0.05, 0) is 58.9 Å². The van der Waals surface area contributed by atoms with Gasteiger partial charge in [-0.1, -0.05) is 33.6 Å². The Morgan fingerprint density at radius 1 is 1.12 bits per heavy atom. The second-order valence-corrected chi connectivity index (χ2v) is 8.69. The molecule has 0 bridgehead atoms. The fourth-order valence-corrected chi connectivity index (χ4v) is 4.30. The minimum atomic E-state index is -0.0264. The van der Waals surface area contributed by atoms with E-state index in [9.17, 15) is 4.79 Å². The van der Waals surface area contributed by atoms with Crippen LogP contribution in [0.3, 0.4) is 0 Å². The standard InChI is InChI=1S/C19H28INO3/c1-19(2,3)13-8-6-7-9-15(13)21-18(22)12-10-16(23-4)17(24-5)11-14(12)20/h10-11,13,15H,6-9H2,1-5H3,(H,21,22). The molecule has 2 rings (SSSR count). The van der Waals surface area contributed by atoms with Gasteiger partial charge in [0, 0.05) is 9.61 Å². The average molecular weight is 445 g/mol. The Balaban J connectivity index is 2.22. The number of amides is 1. The molecule has 1 aliphatic carbocycles. The van der Waals surface area contributed by atoms with Crippen LogP contribution in [-0.2, 0) is 0 Å². The van der Waals surface area contributed by atoms with Gasteiger partial charge in [0.25, 0.3) is 5.91 Å². The van der Waals surface area contributed by atoms with E-state index in [2.05, 4.69) is 48.7 Å². The highest BCUT2D eigenvalue weighted by molar-refractivity contribution is 14.1. The van der Waals surface area contributed by atoms with Crippen molar-refractivity contribution in [1.82, 2.24) is 5.32 Å². The predicted octanol–water partition coefficient (Wildman–Crippen LogP) is 4.64. The van der Waals surface area contributed by atoms with Crippen molar-refractivity contribution in [2.45, 2.75) is 52.5 Å². The second kappa shape index (κ2) is 7.93. The van der Waals surface area contributed by atoms with Crippen LogP contribution in [0, 0.1) is 14.9 Å². The third-order valence-corrected chi connectivity index (χ3v) is 5.81. The lowest BCUT2D eigenvalue weighted by Gasteiger charge is -2.40. The Bertz CT molecular complexity index is 595. The zero-order chi connectivity index (χ0) is 17.9. The van der Waals surface area contributed by atoms with Gasteiger partial charge in [0.15, 0.2) is 11.5 Å². The Morgan fingerprint density at radius 3 is 2.29 bits per heavy atom. The van der Waals surface area contributed by atoms with E-state index < -0.39 is 0 Å². The Labute approximate surface area is 158 Å². The molecule has 1 aliphatic rings. The van der Waals surface area contributed by atoms with Crippen LogP contribution in [-0.4, -0.2) is 26.2 Å². The highest BCUT2D eigenvalue weighted by atomic mass is 127. The van der Waals surface area contributed by atoms with E-state index in [4.69, 9.17) is 9.47 Å². The highest BCUT2D eigenvalue weighted by Crippen LogP contribution is 2.38. The Hall–Kier alpha value is -0.980. The number of benzene rings is 1. The van der Waals surface area contributed by atoms with Gasteiger partial charge in [0.05, 0.1) is 19.8 Å². The molecule has 5 heteroatoms. The van der Waals surface area contributed by atoms with Crippen LogP contribution in [0.5, 0.6) is 11.5 Å². The number of ether oxygens (including phenoxy) is 2. The van der Waals surface area contributed by atoms with Gasteiger partial charge in [-0.3, -0.25) is 4.79 Å². The monoisotopic (exact) mass is 445 g/mol. The van der Waals surface area contributed by atoms with E-state index in [-0.39, 0.29) is 17.4 Å². The Kier molecular flexibility index (Phi) is 6.39. The number of nitrogens with one attached hydrogen (secondary N) is 1. The number of hydrogen-bond donors (Lipinski definition) is 1. The number of carbonyl (C=O) groups is 1.